The van der Waals surface area contributed by atoms with Crippen LogP contribution < -0.4 is 38.3 Å². The maximum atomic E-state index is 5.85. The predicted octanol–water partition coefficient (Wildman–Crippen LogP) is -2.52. The Morgan fingerprint density at radius 2 is 1.35 bits per heavy atom. The first kappa shape index (κ1) is 14.6. The SMILES string of the molecule is COc1ccc([I+]c2ccc(Cl)cc2)cc1.[Cl-]. The van der Waals surface area contributed by atoms with Gasteiger partial charge in [0, 0.05) is 5.02 Å². The van der Waals surface area contributed by atoms with Crippen LogP contribution in [0.4, 0.5) is 0 Å². The molecule has 0 amide bonds. The van der Waals surface area contributed by atoms with Crippen molar-refractivity contribution in [3.63, 3.8) is 0 Å². The summed E-state index contributed by atoms with van der Waals surface area (Å²) in [6, 6.07) is 16.3. The van der Waals surface area contributed by atoms with Gasteiger partial charge in [0.15, 0.2) is 7.14 Å². The number of hydrogen-bond acceptors (Lipinski definition) is 1. The predicted molar refractivity (Wildman–Crippen MR) is 61.8 cm³/mol. The van der Waals surface area contributed by atoms with Crippen molar-refractivity contribution >= 4 is 11.6 Å². The zero-order valence-electron chi connectivity index (χ0n) is 9.16. The van der Waals surface area contributed by atoms with Gasteiger partial charge in [-0.1, -0.05) is 11.6 Å². The zero-order valence-corrected chi connectivity index (χ0v) is 12.8. The number of ether oxygens (including phenoxy) is 1. The molecule has 0 aliphatic heterocycles. The summed E-state index contributed by atoms with van der Waals surface area (Å²) in [4.78, 5) is 0. The maximum absolute atomic E-state index is 5.85. The second-order valence-corrected chi connectivity index (χ2v) is 6.66. The minimum Gasteiger partial charge on any atom is -1.00 e. The van der Waals surface area contributed by atoms with Gasteiger partial charge >= 0.3 is 21.2 Å². The lowest BCUT2D eigenvalue weighted by Crippen LogP contribution is -3.61. The molecule has 0 aliphatic carbocycles. The standard InChI is InChI=1S/C13H11ClIO.ClH/c1-16-13-8-6-12(7-9-13)15-11-4-2-10(14)3-5-11;/h2-9H,1H3;1H/q+1;/p-1. The molecule has 2 aromatic rings. The molecular formula is C13H11Cl2IO. The Morgan fingerprint density at radius 3 is 1.82 bits per heavy atom. The van der Waals surface area contributed by atoms with E-state index in [9.17, 15) is 0 Å². The zero-order chi connectivity index (χ0) is 11.4. The highest BCUT2D eigenvalue weighted by atomic mass is 127. The van der Waals surface area contributed by atoms with E-state index in [0.29, 0.717) is 0 Å². The third-order valence-corrected chi connectivity index (χ3v) is 5.01. The van der Waals surface area contributed by atoms with Gasteiger partial charge in [-0.3, -0.25) is 0 Å². The summed E-state index contributed by atoms with van der Waals surface area (Å²) in [5.41, 5.74) is 0. The molecule has 0 saturated heterocycles. The first-order valence-electron chi connectivity index (χ1n) is 4.82. The highest BCUT2D eigenvalue weighted by Crippen LogP contribution is 2.06. The summed E-state index contributed by atoms with van der Waals surface area (Å²) >= 11 is 5.73. The summed E-state index contributed by atoms with van der Waals surface area (Å²) < 4.78 is 7.88. The van der Waals surface area contributed by atoms with Gasteiger partial charge < -0.3 is 17.1 Å². The lowest BCUT2D eigenvalue weighted by atomic mass is 10.3. The molecule has 2 rings (SSSR count). The molecule has 0 spiro atoms. The minimum atomic E-state index is -0.116. The van der Waals surface area contributed by atoms with Crippen molar-refractivity contribution in [2.24, 2.45) is 0 Å². The molecule has 1 nitrogen and oxygen atoms in total. The molecular weight excluding hydrogens is 370 g/mol. The average molecular weight is 381 g/mol. The van der Waals surface area contributed by atoms with E-state index in [-0.39, 0.29) is 33.6 Å². The van der Waals surface area contributed by atoms with Crippen LogP contribution in [0.1, 0.15) is 0 Å². The molecule has 0 aliphatic rings. The molecule has 0 bridgehead atoms. The Labute approximate surface area is 123 Å². The summed E-state index contributed by atoms with van der Waals surface area (Å²) in [7, 11) is 1.68. The van der Waals surface area contributed by atoms with Gasteiger partial charge in [-0.15, -0.1) is 0 Å². The van der Waals surface area contributed by atoms with Crippen LogP contribution in [0, 0.1) is 7.14 Å². The van der Waals surface area contributed by atoms with Crippen LogP contribution in [0.5, 0.6) is 5.75 Å². The van der Waals surface area contributed by atoms with Crippen LogP contribution in [-0.2, 0) is 0 Å². The van der Waals surface area contributed by atoms with Crippen molar-refractivity contribution in [3.8, 4) is 5.75 Å². The highest BCUT2D eigenvalue weighted by molar-refractivity contribution is 6.30. The summed E-state index contributed by atoms with van der Waals surface area (Å²) in [5, 5.41) is 0.794. The fraction of sp³-hybridized carbons (Fsp3) is 0.0769. The topological polar surface area (TPSA) is 9.23 Å². The average Bonchev–Trinajstić information content (AvgIpc) is 2.33. The fourth-order valence-electron chi connectivity index (χ4n) is 1.25. The Balaban J connectivity index is 0.00000144. The molecule has 0 aromatic heterocycles. The van der Waals surface area contributed by atoms with Gasteiger partial charge in [-0.2, -0.15) is 0 Å². The van der Waals surface area contributed by atoms with E-state index in [4.69, 9.17) is 16.3 Å². The van der Waals surface area contributed by atoms with E-state index in [1.54, 1.807) is 7.11 Å². The summed E-state index contributed by atoms with van der Waals surface area (Å²) in [5.74, 6) is 0.906. The smallest absolute Gasteiger partial charge is 0.357 e. The second kappa shape index (κ2) is 7.09. The van der Waals surface area contributed by atoms with Crippen molar-refractivity contribution in [1.29, 1.82) is 0 Å². The van der Waals surface area contributed by atoms with Gasteiger partial charge in [-0.25, -0.2) is 0 Å². The van der Waals surface area contributed by atoms with Crippen molar-refractivity contribution in [1.82, 2.24) is 0 Å². The van der Waals surface area contributed by atoms with Crippen LogP contribution in [0.2, 0.25) is 5.02 Å². The third kappa shape index (κ3) is 4.37. The molecule has 0 heterocycles. The monoisotopic (exact) mass is 380 g/mol. The van der Waals surface area contributed by atoms with Crippen LogP contribution in [-0.4, -0.2) is 7.11 Å². The molecule has 0 N–H and O–H groups in total. The molecule has 90 valence electrons. The van der Waals surface area contributed by atoms with Crippen LogP contribution >= 0.6 is 11.6 Å². The first-order valence-corrected chi connectivity index (χ1v) is 7.36. The van der Waals surface area contributed by atoms with E-state index in [1.807, 2.05) is 24.3 Å². The second-order valence-electron chi connectivity index (χ2n) is 3.19. The number of rotatable bonds is 3. The minimum absolute atomic E-state index is 0. The van der Waals surface area contributed by atoms with Crippen molar-refractivity contribution in [2.75, 3.05) is 7.11 Å². The van der Waals surface area contributed by atoms with E-state index >= 15 is 0 Å². The van der Waals surface area contributed by atoms with Crippen molar-refractivity contribution in [2.45, 2.75) is 0 Å². The van der Waals surface area contributed by atoms with Crippen molar-refractivity contribution < 1.29 is 38.3 Å². The lowest BCUT2D eigenvalue weighted by Gasteiger charge is -1.95. The van der Waals surface area contributed by atoms with Crippen LogP contribution in [0.25, 0.3) is 0 Å². The third-order valence-electron chi connectivity index (χ3n) is 2.07. The lowest BCUT2D eigenvalue weighted by molar-refractivity contribution is -0.597. The van der Waals surface area contributed by atoms with Gasteiger partial charge in [-0.05, 0) is 48.5 Å². The van der Waals surface area contributed by atoms with Crippen molar-refractivity contribution in [3.05, 3.63) is 60.7 Å². The van der Waals surface area contributed by atoms with Gasteiger partial charge in [0.1, 0.15) is 5.75 Å². The van der Waals surface area contributed by atoms with E-state index in [0.717, 1.165) is 10.8 Å². The molecule has 2 aromatic carbocycles. The number of benzene rings is 2. The van der Waals surface area contributed by atoms with E-state index in [2.05, 4.69) is 24.3 Å². The molecule has 0 atom stereocenters. The molecule has 0 fully saturated rings. The summed E-state index contributed by atoms with van der Waals surface area (Å²) in [6.07, 6.45) is 0. The van der Waals surface area contributed by atoms with Gasteiger partial charge in [0.05, 0.1) is 7.11 Å². The Hall–Kier alpha value is -0.450. The van der Waals surface area contributed by atoms with Crippen LogP contribution in [0.3, 0.4) is 0 Å². The number of methoxy groups -OCH3 is 1. The van der Waals surface area contributed by atoms with E-state index < -0.39 is 0 Å². The largest absolute Gasteiger partial charge is 1.00 e. The highest BCUT2D eigenvalue weighted by Gasteiger charge is 2.14. The summed E-state index contributed by atoms with van der Waals surface area (Å²) in [6.45, 7) is 0. The molecule has 0 unspecified atom stereocenters. The van der Waals surface area contributed by atoms with E-state index in [1.165, 1.54) is 7.14 Å². The van der Waals surface area contributed by atoms with Gasteiger partial charge in [0.2, 0.25) is 0 Å². The molecule has 0 saturated carbocycles. The first-order chi connectivity index (χ1) is 7.78. The molecule has 0 radical (unpaired) electrons. The number of halogens is 3. The van der Waals surface area contributed by atoms with Gasteiger partial charge in [0.25, 0.3) is 0 Å². The fourth-order valence-corrected chi connectivity index (χ4v) is 3.54. The maximum Gasteiger partial charge on any atom is 0.357 e. The Bertz CT molecular complexity index is 454. The van der Waals surface area contributed by atoms with Crippen LogP contribution in [0.15, 0.2) is 48.5 Å². The Kier molecular flexibility index (Phi) is 6.09. The Morgan fingerprint density at radius 1 is 0.882 bits per heavy atom. The number of hydrogen-bond donors (Lipinski definition) is 0. The quantitative estimate of drug-likeness (QED) is 0.534. The molecule has 4 heteroatoms. The molecule has 17 heavy (non-hydrogen) atoms. The normalized spacial score (nSPS) is 9.53.